The highest BCUT2D eigenvalue weighted by Crippen LogP contribution is 2.41. The number of carbonyl (C=O) groups is 2. The Morgan fingerprint density at radius 2 is 1.61 bits per heavy atom. The molecule has 2 amide bonds. The number of alkyl halides is 6. The molecular weight excluding hydrogens is 625 g/mol. The zero-order chi connectivity index (χ0) is 27.4. The monoisotopic (exact) mass is 638 g/mol. The normalized spacial score (nSPS) is 14.0. The minimum atomic E-state index is -5.05. The van der Waals surface area contributed by atoms with E-state index in [0.717, 1.165) is 18.2 Å². The van der Waals surface area contributed by atoms with E-state index in [1.165, 1.54) is 31.2 Å². The summed E-state index contributed by atoms with van der Waals surface area (Å²) in [5.74, 6) is -4.87. The number of halogens is 10. The molecule has 2 aromatic rings. The minimum Gasteiger partial charge on any atom is -0.350 e. The van der Waals surface area contributed by atoms with Gasteiger partial charge in [-0.05, 0) is 58.2 Å². The van der Waals surface area contributed by atoms with E-state index in [9.17, 15) is 35.9 Å². The van der Waals surface area contributed by atoms with E-state index < -0.39 is 36.1 Å². The van der Waals surface area contributed by atoms with Crippen LogP contribution in [0.2, 0.25) is 15.1 Å². The predicted octanol–water partition coefficient (Wildman–Crippen LogP) is 7.57. The summed E-state index contributed by atoms with van der Waals surface area (Å²) in [6.45, 7) is 0.971. The fraction of sp³-hybridized carbons (Fsp3) is 0.273. The first-order valence-electron chi connectivity index (χ1n) is 9.85. The SMILES string of the molecule is CC(CNC(=O)c1ccc(/C=C/C(c2cc(Cl)c(Cl)c(Cl)c2)C(F)(F)F)cc1Br)NC(=O)C(F)(F)F. The number of rotatable bonds is 7. The summed E-state index contributed by atoms with van der Waals surface area (Å²) in [5, 5.41) is 3.73. The van der Waals surface area contributed by atoms with Crippen LogP contribution in [-0.4, -0.2) is 36.8 Å². The van der Waals surface area contributed by atoms with Crippen molar-refractivity contribution in [3.63, 3.8) is 0 Å². The van der Waals surface area contributed by atoms with E-state index in [0.29, 0.717) is 5.56 Å². The Kier molecular flexibility index (Phi) is 10.1. The van der Waals surface area contributed by atoms with Crippen molar-refractivity contribution in [2.75, 3.05) is 6.54 Å². The highest BCUT2D eigenvalue weighted by atomic mass is 79.9. The Hall–Kier alpha value is -1.95. The maximum absolute atomic E-state index is 13.7. The quantitative estimate of drug-likeness (QED) is 0.243. The van der Waals surface area contributed by atoms with Crippen molar-refractivity contribution >= 4 is 68.6 Å². The molecule has 0 aromatic heterocycles. The lowest BCUT2D eigenvalue weighted by Gasteiger charge is -2.18. The standard InChI is InChI=1S/C22H16BrCl3F6N2O2/c1-10(34-20(36)22(30,31)32)9-33-19(35)13-4-2-11(6-15(13)23)3-5-14(21(27,28)29)12-7-16(24)18(26)17(25)8-12/h2-8,10,14H,9H2,1H3,(H,33,35)(H,34,36)/b5-3+. The summed E-state index contributed by atoms with van der Waals surface area (Å²) < 4.78 is 78.2. The van der Waals surface area contributed by atoms with E-state index in [2.05, 4.69) is 21.2 Å². The summed E-state index contributed by atoms with van der Waals surface area (Å²) >= 11 is 20.7. The van der Waals surface area contributed by atoms with Gasteiger partial charge in [-0.2, -0.15) is 26.3 Å². The molecule has 14 heteroatoms. The van der Waals surface area contributed by atoms with Crippen LogP contribution in [-0.2, 0) is 4.79 Å². The lowest BCUT2D eigenvalue weighted by molar-refractivity contribution is -0.174. The van der Waals surface area contributed by atoms with Gasteiger partial charge in [-0.15, -0.1) is 0 Å². The Balaban J connectivity index is 2.15. The van der Waals surface area contributed by atoms with Crippen LogP contribution in [0.25, 0.3) is 6.08 Å². The van der Waals surface area contributed by atoms with Gasteiger partial charge in [0.05, 0.1) is 26.5 Å². The largest absolute Gasteiger partial charge is 0.471 e. The topological polar surface area (TPSA) is 58.2 Å². The van der Waals surface area contributed by atoms with E-state index in [1.54, 1.807) is 5.32 Å². The zero-order valence-electron chi connectivity index (χ0n) is 18.0. The van der Waals surface area contributed by atoms with Gasteiger partial charge < -0.3 is 10.6 Å². The van der Waals surface area contributed by atoms with Crippen LogP contribution in [0.1, 0.15) is 34.3 Å². The Labute approximate surface area is 225 Å². The van der Waals surface area contributed by atoms with Gasteiger partial charge in [0, 0.05) is 17.1 Å². The molecule has 0 saturated carbocycles. The molecule has 0 aliphatic heterocycles. The van der Waals surface area contributed by atoms with Crippen molar-refractivity contribution in [1.82, 2.24) is 10.6 Å². The van der Waals surface area contributed by atoms with Crippen molar-refractivity contribution < 1.29 is 35.9 Å². The first-order valence-corrected chi connectivity index (χ1v) is 11.8. The first kappa shape index (κ1) is 30.3. The van der Waals surface area contributed by atoms with Crippen molar-refractivity contribution in [2.45, 2.75) is 31.2 Å². The molecule has 0 fully saturated rings. The maximum atomic E-state index is 13.7. The van der Waals surface area contributed by atoms with E-state index in [1.807, 2.05) is 0 Å². The highest BCUT2D eigenvalue weighted by molar-refractivity contribution is 9.10. The van der Waals surface area contributed by atoms with Crippen LogP contribution in [0.3, 0.4) is 0 Å². The minimum absolute atomic E-state index is 0.0677. The second-order valence-electron chi connectivity index (χ2n) is 7.50. The van der Waals surface area contributed by atoms with E-state index >= 15 is 0 Å². The molecule has 2 aromatic carbocycles. The Bertz CT molecular complexity index is 1150. The zero-order valence-corrected chi connectivity index (χ0v) is 21.9. The number of allylic oxidation sites excluding steroid dienone is 1. The molecular formula is C22H16BrCl3F6N2O2. The molecule has 0 saturated heterocycles. The Morgan fingerprint density at radius 1 is 1.03 bits per heavy atom. The third-order valence-electron chi connectivity index (χ3n) is 4.64. The van der Waals surface area contributed by atoms with Crippen molar-refractivity contribution in [1.29, 1.82) is 0 Å². The number of amides is 2. The second kappa shape index (κ2) is 12.1. The van der Waals surface area contributed by atoms with Gasteiger partial charge in [0.25, 0.3) is 5.91 Å². The number of nitrogens with one attached hydrogen (secondary N) is 2. The van der Waals surface area contributed by atoms with E-state index in [4.69, 9.17) is 34.8 Å². The van der Waals surface area contributed by atoms with E-state index in [-0.39, 0.29) is 37.2 Å². The third kappa shape index (κ3) is 8.29. The number of benzene rings is 2. The van der Waals surface area contributed by atoms with Gasteiger partial charge in [-0.3, -0.25) is 9.59 Å². The Morgan fingerprint density at radius 3 is 2.11 bits per heavy atom. The van der Waals surface area contributed by atoms with Gasteiger partial charge in [0.1, 0.15) is 0 Å². The lowest BCUT2D eigenvalue weighted by Crippen LogP contribution is -2.46. The molecule has 0 heterocycles. The number of carbonyl (C=O) groups excluding carboxylic acids is 2. The summed E-state index contributed by atoms with van der Waals surface area (Å²) in [4.78, 5) is 23.3. The lowest BCUT2D eigenvalue weighted by atomic mass is 9.97. The summed E-state index contributed by atoms with van der Waals surface area (Å²) in [6.07, 6.45) is -7.65. The highest BCUT2D eigenvalue weighted by Gasteiger charge is 2.40. The molecule has 0 spiro atoms. The summed E-state index contributed by atoms with van der Waals surface area (Å²) in [7, 11) is 0. The van der Waals surface area contributed by atoms with Crippen LogP contribution in [0.15, 0.2) is 40.9 Å². The van der Waals surface area contributed by atoms with Gasteiger partial charge in [-0.25, -0.2) is 0 Å². The summed E-state index contributed by atoms with van der Waals surface area (Å²) in [6, 6.07) is 5.20. The molecule has 0 bridgehead atoms. The van der Waals surface area contributed by atoms with Gasteiger partial charge in [0.2, 0.25) is 0 Å². The molecule has 0 aliphatic rings. The molecule has 2 unspecified atom stereocenters. The molecule has 2 N–H and O–H groups in total. The molecule has 0 aliphatic carbocycles. The third-order valence-corrected chi connectivity index (χ3v) is 6.49. The van der Waals surface area contributed by atoms with Gasteiger partial charge in [-0.1, -0.05) is 53.0 Å². The summed E-state index contributed by atoms with van der Waals surface area (Å²) in [5.41, 5.74) is 0.162. The average molecular weight is 641 g/mol. The van der Waals surface area contributed by atoms with Gasteiger partial charge in [0.15, 0.2) is 0 Å². The van der Waals surface area contributed by atoms with Crippen molar-refractivity contribution in [2.24, 2.45) is 0 Å². The molecule has 0 radical (unpaired) electrons. The van der Waals surface area contributed by atoms with Crippen molar-refractivity contribution in [3.8, 4) is 0 Å². The van der Waals surface area contributed by atoms with Crippen LogP contribution in [0, 0.1) is 0 Å². The van der Waals surface area contributed by atoms with Crippen molar-refractivity contribution in [3.05, 3.63) is 72.6 Å². The predicted molar refractivity (Wildman–Crippen MR) is 129 cm³/mol. The first-order chi connectivity index (χ1) is 16.5. The van der Waals surface area contributed by atoms with Crippen LogP contribution < -0.4 is 10.6 Å². The number of hydrogen-bond donors (Lipinski definition) is 2. The molecule has 2 atom stereocenters. The fourth-order valence-electron chi connectivity index (χ4n) is 2.89. The number of hydrogen-bond acceptors (Lipinski definition) is 2. The second-order valence-corrected chi connectivity index (χ2v) is 9.55. The average Bonchev–Trinajstić information content (AvgIpc) is 2.74. The molecule has 36 heavy (non-hydrogen) atoms. The molecule has 196 valence electrons. The molecule has 4 nitrogen and oxygen atoms in total. The fourth-order valence-corrected chi connectivity index (χ4v) is 4.08. The maximum Gasteiger partial charge on any atom is 0.471 e. The van der Waals surface area contributed by atoms with Gasteiger partial charge >= 0.3 is 18.3 Å². The molecule has 2 rings (SSSR count). The van der Waals surface area contributed by atoms with Crippen LogP contribution >= 0.6 is 50.7 Å². The van der Waals surface area contributed by atoms with Crippen LogP contribution in [0.5, 0.6) is 0 Å². The smallest absolute Gasteiger partial charge is 0.350 e. The van der Waals surface area contributed by atoms with Crippen LogP contribution in [0.4, 0.5) is 26.3 Å².